The summed E-state index contributed by atoms with van der Waals surface area (Å²) < 4.78 is 12.0. The Morgan fingerprint density at radius 3 is 2.65 bits per heavy atom. The summed E-state index contributed by atoms with van der Waals surface area (Å²) in [7, 11) is 0. The number of nitrogens with two attached hydrogens (primary N) is 1. The number of ether oxygens (including phenoxy) is 2. The lowest BCUT2D eigenvalue weighted by molar-refractivity contribution is 0.0849. The van der Waals surface area contributed by atoms with Crippen LogP contribution in [0.5, 0.6) is 11.5 Å². The van der Waals surface area contributed by atoms with Crippen LogP contribution < -0.4 is 15.2 Å². The normalized spacial score (nSPS) is 12.9. The highest BCUT2D eigenvalue weighted by atomic mass is 16.6. The smallest absolute Gasteiger partial charge is 0.249 e. The maximum atomic E-state index is 12.2. The van der Waals surface area contributed by atoms with Crippen molar-refractivity contribution in [3.8, 4) is 11.5 Å². The van der Waals surface area contributed by atoms with Crippen LogP contribution >= 0.6 is 0 Å². The number of Topliss-reactive ketones (excluding diaryl/α,β-unsaturated/α-hetero) is 1. The molecule has 3 rings (SSSR count). The zero-order valence-corrected chi connectivity index (χ0v) is 12.6. The molecule has 0 fully saturated rings. The van der Waals surface area contributed by atoms with E-state index in [1.54, 1.807) is 25.1 Å². The van der Waals surface area contributed by atoms with E-state index < -0.39 is 0 Å². The number of rotatable bonds is 4. The molecule has 120 valence electrons. The van der Waals surface area contributed by atoms with E-state index in [0.717, 1.165) is 4.68 Å². The van der Waals surface area contributed by atoms with Gasteiger partial charge in [-0.25, -0.2) is 0 Å². The Labute approximate surface area is 132 Å². The van der Waals surface area contributed by atoms with Crippen molar-refractivity contribution < 1.29 is 19.1 Å². The number of hydrogen-bond donors (Lipinski definition) is 1. The molecule has 0 aliphatic carbocycles. The Balaban J connectivity index is 1.65. The first-order chi connectivity index (χ1) is 11.0. The largest absolute Gasteiger partial charge is 0.486 e. The van der Waals surface area contributed by atoms with Gasteiger partial charge in [-0.3, -0.25) is 9.59 Å². The molecule has 1 aliphatic heterocycles. The molecule has 23 heavy (non-hydrogen) atoms. The number of carbonyl (C=O) groups excluding carboxylic acids is 2. The number of anilines is 1. The molecule has 1 aliphatic rings. The van der Waals surface area contributed by atoms with Crippen molar-refractivity contribution in [1.82, 2.24) is 14.8 Å². The highest BCUT2D eigenvalue weighted by Gasteiger charge is 2.17. The standard InChI is InChI=1S/C15H16N4O4/c1-9-17-15(16)18-19(9)14(21)5-3-11(20)10-2-4-12-13(8-10)23-7-6-22-12/h2,4,8H,3,5-7H2,1H3,(H2,16,18). The topological polar surface area (TPSA) is 109 Å². The number of nitrogens with zero attached hydrogens (tertiary/aromatic N) is 3. The van der Waals surface area contributed by atoms with E-state index in [0.29, 0.717) is 36.1 Å². The van der Waals surface area contributed by atoms with Gasteiger partial charge in [-0.2, -0.15) is 9.67 Å². The highest BCUT2D eigenvalue weighted by Crippen LogP contribution is 2.31. The fourth-order valence-corrected chi connectivity index (χ4v) is 2.33. The first-order valence-corrected chi connectivity index (χ1v) is 7.20. The predicted octanol–water partition coefficient (Wildman–Crippen LogP) is 1.24. The number of benzene rings is 1. The van der Waals surface area contributed by atoms with Crippen LogP contribution in [0.2, 0.25) is 0 Å². The lowest BCUT2D eigenvalue weighted by Gasteiger charge is -2.18. The van der Waals surface area contributed by atoms with E-state index >= 15 is 0 Å². The van der Waals surface area contributed by atoms with Gasteiger partial charge in [0.25, 0.3) is 0 Å². The molecule has 0 saturated heterocycles. The van der Waals surface area contributed by atoms with Crippen LogP contribution in [0, 0.1) is 6.92 Å². The van der Waals surface area contributed by atoms with E-state index in [-0.39, 0.29) is 30.5 Å². The van der Waals surface area contributed by atoms with Crippen LogP contribution in [0.15, 0.2) is 18.2 Å². The summed E-state index contributed by atoms with van der Waals surface area (Å²) in [6.07, 6.45) is 0.0919. The third kappa shape index (κ3) is 3.15. The van der Waals surface area contributed by atoms with Gasteiger partial charge in [0.05, 0.1) is 0 Å². The quantitative estimate of drug-likeness (QED) is 0.845. The molecule has 0 atom stereocenters. The van der Waals surface area contributed by atoms with Crippen molar-refractivity contribution in [3.05, 3.63) is 29.6 Å². The minimum atomic E-state index is -0.322. The third-order valence-corrected chi connectivity index (χ3v) is 3.45. The van der Waals surface area contributed by atoms with Gasteiger partial charge in [-0.05, 0) is 25.1 Å². The second-order valence-electron chi connectivity index (χ2n) is 5.10. The fraction of sp³-hybridized carbons (Fsp3) is 0.333. The molecule has 2 N–H and O–H groups in total. The Morgan fingerprint density at radius 1 is 1.22 bits per heavy atom. The molecule has 0 bridgehead atoms. The molecule has 0 saturated carbocycles. The molecule has 1 aromatic heterocycles. The van der Waals surface area contributed by atoms with Crippen molar-refractivity contribution in [1.29, 1.82) is 0 Å². The van der Waals surface area contributed by atoms with Crippen molar-refractivity contribution in [3.63, 3.8) is 0 Å². The Hall–Kier alpha value is -2.90. The van der Waals surface area contributed by atoms with Gasteiger partial charge in [0.15, 0.2) is 17.3 Å². The van der Waals surface area contributed by atoms with Crippen LogP contribution in [-0.4, -0.2) is 39.7 Å². The number of aryl methyl sites for hydroxylation is 1. The molecular weight excluding hydrogens is 300 g/mol. The van der Waals surface area contributed by atoms with Crippen molar-refractivity contribution in [2.24, 2.45) is 0 Å². The van der Waals surface area contributed by atoms with E-state index in [9.17, 15) is 9.59 Å². The first kappa shape index (κ1) is 15.0. The van der Waals surface area contributed by atoms with Crippen molar-refractivity contribution >= 4 is 17.6 Å². The zero-order valence-electron chi connectivity index (χ0n) is 12.6. The zero-order chi connectivity index (χ0) is 16.4. The van der Waals surface area contributed by atoms with E-state index in [1.807, 2.05) is 0 Å². The maximum Gasteiger partial charge on any atom is 0.249 e. The maximum absolute atomic E-state index is 12.2. The molecule has 0 amide bonds. The van der Waals surface area contributed by atoms with Crippen LogP contribution in [0.25, 0.3) is 0 Å². The van der Waals surface area contributed by atoms with E-state index in [2.05, 4.69) is 10.1 Å². The summed E-state index contributed by atoms with van der Waals surface area (Å²) in [5, 5.41) is 3.80. The van der Waals surface area contributed by atoms with Crippen LogP contribution in [0.1, 0.15) is 33.8 Å². The number of ketones is 1. The van der Waals surface area contributed by atoms with Crippen LogP contribution in [0.3, 0.4) is 0 Å². The summed E-state index contributed by atoms with van der Waals surface area (Å²) >= 11 is 0. The average molecular weight is 316 g/mol. The van der Waals surface area contributed by atoms with Crippen LogP contribution in [-0.2, 0) is 0 Å². The Morgan fingerprint density at radius 2 is 1.96 bits per heavy atom. The summed E-state index contributed by atoms with van der Waals surface area (Å²) in [6, 6.07) is 5.00. The lowest BCUT2D eigenvalue weighted by atomic mass is 10.1. The Kier molecular flexibility index (Phi) is 3.96. The number of hydrogen-bond acceptors (Lipinski definition) is 7. The van der Waals surface area contributed by atoms with E-state index in [4.69, 9.17) is 15.2 Å². The van der Waals surface area contributed by atoms with Gasteiger partial charge >= 0.3 is 0 Å². The van der Waals surface area contributed by atoms with E-state index in [1.165, 1.54) is 0 Å². The minimum absolute atomic E-state index is 0.0247. The van der Waals surface area contributed by atoms with Gasteiger partial charge in [0.2, 0.25) is 11.9 Å². The van der Waals surface area contributed by atoms with Gasteiger partial charge in [-0.15, -0.1) is 5.10 Å². The number of aromatic nitrogens is 3. The molecule has 0 radical (unpaired) electrons. The second kappa shape index (κ2) is 6.07. The monoisotopic (exact) mass is 316 g/mol. The predicted molar refractivity (Wildman–Crippen MR) is 80.8 cm³/mol. The van der Waals surface area contributed by atoms with Gasteiger partial charge in [-0.1, -0.05) is 0 Å². The summed E-state index contributed by atoms with van der Waals surface area (Å²) in [6.45, 7) is 2.58. The fourth-order valence-electron chi connectivity index (χ4n) is 2.33. The molecular formula is C15H16N4O4. The SMILES string of the molecule is Cc1nc(N)nn1C(=O)CCC(=O)c1ccc2c(c1)OCCO2. The number of carbonyl (C=O) groups is 2. The van der Waals surface area contributed by atoms with Crippen molar-refractivity contribution in [2.75, 3.05) is 18.9 Å². The third-order valence-electron chi connectivity index (χ3n) is 3.45. The molecule has 2 aromatic rings. The van der Waals surface area contributed by atoms with Gasteiger partial charge in [0, 0.05) is 18.4 Å². The molecule has 1 aromatic carbocycles. The number of nitrogen functional groups attached to an aromatic ring is 1. The summed E-state index contributed by atoms with van der Waals surface area (Å²) in [4.78, 5) is 28.2. The minimum Gasteiger partial charge on any atom is -0.486 e. The molecule has 8 nitrogen and oxygen atoms in total. The molecule has 8 heteroatoms. The molecule has 0 spiro atoms. The highest BCUT2D eigenvalue weighted by molar-refractivity contribution is 5.98. The second-order valence-corrected chi connectivity index (χ2v) is 5.10. The average Bonchev–Trinajstić information content (AvgIpc) is 2.90. The lowest BCUT2D eigenvalue weighted by Crippen LogP contribution is -2.17. The molecule has 0 unspecified atom stereocenters. The van der Waals surface area contributed by atoms with Gasteiger partial charge < -0.3 is 15.2 Å². The Bertz CT molecular complexity index is 769. The summed E-state index contributed by atoms with van der Waals surface area (Å²) in [5.41, 5.74) is 5.92. The first-order valence-electron chi connectivity index (χ1n) is 7.20. The van der Waals surface area contributed by atoms with Crippen LogP contribution in [0.4, 0.5) is 5.95 Å². The van der Waals surface area contributed by atoms with Gasteiger partial charge in [0.1, 0.15) is 19.0 Å². The summed E-state index contributed by atoms with van der Waals surface area (Å²) in [5.74, 6) is 1.14. The molecule has 2 heterocycles. The van der Waals surface area contributed by atoms with Crippen molar-refractivity contribution in [2.45, 2.75) is 19.8 Å². The number of fused-ring (bicyclic) bond motifs is 1.